The molecule has 6 heteroatoms. The van der Waals surface area contributed by atoms with Crippen LogP contribution in [0.15, 0.2) is 30.5 Å². The van der Waals surface area contributed by atoms with Crippen molar-refractivity contribution in [3.05, 3.63) is 41.8 Å². The number of likely N-dealkylation sites (tertiary alicyclic amines) is 1. The Bertz CT molecular complexity index is 589. The summed E-state index contributed by atoms with van der Waals surface area (Å²) in [6.45, 7) is 3.04. The molecule has 5 nitrogen and oxygen atoms in total. The van der Waals surface area contributed by atoms with Crippen LogP contribution in [0.2, 0.25) is 0 Å². The van der Waals surface area contributed by atoms with Crippen molar-refractivity contribution in [2.75, 3.05) is 19.7 Å². The van der Waals surface area contributed by atoms with Gasteiger partial charge in [-0.3, -0.25) is 4.79 Å². The topological polar surface area (TPSA) is 58.6 Å². The first-order valence-corrected chi connectivity index (χ1v) is 7.75. The van der Waals surface area contributed by atoms with Gasteiger partial charge in [0.05, 0.1) is 12.5 Å². The molecule has 1 heterocycles. The fourth-order valence-corrected chi connectivity index (χ4v) is 2.52. The van der Waals surface area contributed by atoms with Crippen LogP contribution < -0.4 is 5.32 Å². The van der Waals surface area contributed by atoms with Crippen molar-refractivity contribution in [1.29, 1.82) is 0 Å². The number of hydrogen-bond acceptors (Lipinski definition) is 3. The zero-order valence-electron chi connectivity index (χ0n) is 13.1. The molecular weight excluding hydrogens is 299 g/mol. The number of amides is 2. The van der Waals surface area contributed by atoms with Crippen molar-refractivity contribution in [2.24, 2.45) is 5.92 Å². The summed E-state index contributed by atoms with van der Waals surface area (Å²) in [4.78, 5) is 25.5. The summed E-state index contributed by atoms with van der Waals surface area (Å²) in [5.74, 6) is -0.879. The highest BCUT2D eigenvalue weighted by Gasteiger charge is 2.28. The van der Waals surface area contributed by atoms with Crippen LogP contribution in [-0.2, 0) is 9.53 Å². The Morgan fingerprint density at radius 2 is 2.22 bits per heavy atom. The molecule has 1 unspecified atom stereocenters. The summed E-state index contributed by atoms with van der Waals surface area (Å²) in [7, 11) is 0. The van der Waals surface area contributed by atoms with Gasteiger partial charge in [0.25, 0.3) is 0 Å². The highest BCUT2D eigenvalue weighted by atomic mass is 19.1. The summed E-state index contributed by atoms with van der Waals surface area (Å²) in [6.07, 6.45) is 4.40. The van der Waals surface area contributed by atoms with Crippen molar-refractivity contribution in [1.82, 2.24) is 10.2 Å². The van der Waals surface area contributed by atoms with Gasteiger partial charge in [0.15, 0.2) is 0 Å². The number of ether oxygens (including phenoxy) is 1. The van der Waals surface area contributed by atoms with Crippen molar-refractivity contribution in [3.8, 4) is 0 Å². The Kier molecular flexibility index (Phi) is 6.14. The molecule has 124 valence electrons. The van der Waals surface area contributed by atoms with E-state index < -0.39 is 0 Å². The normalized spacial score (nSPS) is 18.0. The molecule has 1 fully saturated rings. The van der Waals surface area contributed by atoms with Crippen molar-refractivity contribution < 1.29 is 18.7 Å². The predicted molar refractivity (Wildman–Crippen MR) is 84.9 cm³/mol. The number of nitrogens with one attached hydrogen (secondary N) is 1. The second-order valence-electron chi connectivity index (χ2n) is 5.34. The average molecular weight is 320 g/mol. The molecule has 1 aromatic rings. The Morgan fingerprint density at radius 1 is 1.43 bits per heavy atom. The number of urea groups is 1. The fraction of sp³-hybridized carbons (Fsp3) is 0.412. The summed E-state index contributed by atoms with van der Waals surface area (Å²) in [5, 5.41) is 2.61. The van der Waals surface area contributed by atoms with Crippen LogP contribution >= 0.6 is 0 Å². The average Bonchev–Trinajstić information content (AvgIpc) is 2.57. The summed E-state index contributed by atoms with van der Waals surface area (Å²) in [6, 6.07) is 6.01. The number of hydrogen-bond donors (Lipinski definition) is 1. The molecule has 2 rings (SSSR count). The molecule has 2 amide bonds. The monoisotopic (exact) mass is 320 g/mol. The van der Waals surface area contributed by atoms with Gasteiger partial charge in [0, 0.05) is 24.9 Å². The molecule has 1 aromatic carbocycles. The molecule has 1 atom stereocenters. The van der Waals surface area contributed by atoms with Gasteiger partial charge >= 0.3 is 12.0 Å². The molecule has 0 aromatic heterocycles. The van der Waals surface area contributed by atoms with Crippen molar-refractivity contribution >= 4 is 18.1 Å². The summed E-state index contributed by atoms with van der Waals surface area (Å²) < 4.78 is 18.5. The van der Waals surface area contributed by atoms with E-state index in [0.717, 1.165) is 12.8 Å². The Labute approximate surface area is 135 Å². The Balaban J connectivity index is 1.88. The summed E-state index contributed by atoms with van der Waals surface area (Å²) >= 11 is 0. The standard InChI is InChI=1S/C17H21FN2O3/c1-2-23-16(21)14-7-5-11-20(12-14)17(22)19-10-9-13-6-3-4-8-15(13)18/h3-4,6,8-10,14H,2,5,7,11-12H2,1H3,(H,19,22)/b10-9+. The van der Waals surface area contributed by atoms with Crippen LogP contribution in [0, 0.1) is 11.7 Å². The molecular formula is C17H21FN2O3. The van der Waals surface area contributed by atoms with E-state index in [2.05, 4.69) is 5.32 Å². The quantitative estimate of drug-likeness (QED) is 0.868. The number of carbonyl (C=O) groups excluding carboxylic acids is 2. The molecule has 23 heavy (non-hydrogen) atoms. The molecule has 0 aliphatic carbocycles. The first-order chi connectivity index (χ1) is 11.1. The van der Waals surface area contributed by atoms with Crippen LogP contribution in [0.4, 0.5) is 9.18 Å². The van der Waals surface area contributed by atoms with Crippen LogP contribution in [0.3, 0.4) is 0 Å². The SMILES string of the molecule is CCOC(=O)C1CCCN(C(=O)N/C=C/c2ccccc2F)C1. The van der Waals surface area contributed by atoms with Gasteiger partial charge in [0.1, 0.15) is 5.82 Å². The lowest BCUT2D eigenvalue weighted by Gasteiger charge is -2.31. The second-order valence-corrected chi connectivity index (χ2v) is 5.34. The number of nitrogens with zero attached hydrogens (tertiary/aromatic N) is 1. The summed E-state index contributed by atoms with van der Waals surface area (Å²) in [5.41, 5.74) is 0.399. The van der Waals surface area contributed by atoms with Crippen molar-refractivity contribution in [3.63, 3.8) is 0 Å². The third kappa shape index (κ3) is 4.81. The number of benzene rings is 1. The van der Waals surface area contributed by atoms with E-state index in [-0.39, 0.29) is 23.7 Å². The first-order valence-electron chi connectivity index (χ1n) is 7.75. The van der Waals surface area contributed by atoms with Crippen LogP contribution in [0.25, 0.3) is 6.08 Å². The van der Waals surface area contributed by atoms with Crippen LogP contribution in [-0.4, -0.2) is 36.6 Å². The molecule has 0 radical (unpaired) electrons. The zero-order chi connectivity index (χ0) is 16.7. The number of halogens is 1. The first kappa shape index (κ1) is 17.0. The maximum Gasteiger partial charge on any atom is 0.321 e. The van der Waals surface area contributed by atoms with E-state index in [0.29, 0.717) is 25.3 Å². The highest BCUT2D eigenvalue weighted by Crippen LogP contribution is 2.18. The minimum absolute atomic E-state index is 0.258. The van der Waals surface area contributed by atoms with Gasteiger partial charge in [0.2, 0.25) is 0 Å². The van der Waals surface area contributed by atoms with Gasteiger partial charge in [-0.1, -0.05) is 18.2 Å². The lowest BCUT2D eigenvalue weighted by atomic mass is 9.98. The third-order valence-electron chi connectivity index (χ3n) is 3.70. The number of piperidine rings is 1. The number of carbonyl (C=O) groups is 2. The van der Waals surface area contributed by atoms with Gasteiger partial charge in [-0.05, 0) is 31.9 Å². The van der Waals surface area contributed by atoms with Gasteiger partial charge in [-0.2, -0.15) is 0 Å². The van der Waals surface area contributed by atoms with Gasteiger partial charge < -0.3 is 15.0 Å². The van der Waals surface area contributed by atoms with E-state index in [1.165, 1.54) is 18.3 Å². The van der Waals surface area contributed by atoms with E-state index in [1.54, 1.807) is 30.0 Å². The van der Waals surface area contributed by atoms with E-state index >= 15 is 0 Å². The number of esters is 1. The van der Waals surface area contributed by atoms with Crippen LogP contribution in [0.5, 0.6) is 0 Å². The fourth-order valence-electron chi connectivity index (χ4n) is 2.52. The zero-order valence-corrected chi connectivity index (χ0v) is 13.1. The predicted octanol–water partition coefficient (Wildman–Crippen LogP) is 2.78. The van der Waals surface area contributed by atoms with E-state index in [9.17, 15) is 14.0 Å². The third-order valence-corrected chi connectivity index (χ3v) is 3.70. The molecule has 0 bridgehead atoms. The maximum atomic E-state index is 13.5. The molecule has 0 spiro atoms. The molecule has 1 aliphatic rings. The van der Waals surface area contributed by atoms with Crippen LogP contribution in [0.1, 0.15) is 25.3 Å². The molecule has 1 N–H and O–H groups in total. The second kappa shape index (κ2) is 8.31. The van der Waals surface area contributed by atoms with Gasteiger partial charge in [-0.25, -0.2) is 9.18 Å². The Morgan fingerprint density at radius 3 is 2.96 bits per heavy atom. The maximum absolute atomic E-state index is 13.5. The molecule has 1 saturated heterocycles. The lowest BCUT2D eigenvalue weighted by molar-refractivity contribution is -0.149. The lowest BCUT2D eigenvalue weighted by Crippen LogP contribution is -2.46. The minimum Gasteiger partial charge on any atom is -0.466 e. The smallest absolute Gasteiger partial charge is 0.321 e. The molecule has 0 saturated carbocycles. The number of rotatable bonds is 4. The van der Waals surface area contributed by atoms with Crippen molar-refractivity contribution in [2.45, 2.75) is 19.8 Å². The Hall–Kier alpha value is -2.37. The molecule has 1 aliphatic heterocycles. The highest BCUT2D eigenvalue weighted by molar-refractivity contribution is 5.78. The largest absolute Gasteiger partial charge is 0.466 e. The van der Waals surface area contributed by atoms with E-state index in [1.807, 2.05) is 0 Å². The minimum atomic E-state index is -0.349. The van der Waals surface area contributed by atoms with E-state index in [4.69, 9.17) is 4.74 Å². The van der Waals surface area contributed by atoms with Gasteiger partial charge in [-0.15, -0.1) is 0 Å².